The molecule has 0 aliphatic rings. The molecule has 0 bridgehead atoms. The van der Waals surface area contributed by atoms with Gasteiger partial charge >= 0.3 is 0 Å². The summed E-state index contributed by atoms with van der Waals surface area (Å²) in [5, 5.41) is 14.8. The number of carbonyl (C=O) groups excluding carboxylic acids is 2. The summed E-state index contributed by atoms with van der Waals surface area (Å²) in [7, 11) is 1.62. The fourth-order valence-corrected chi connectivity index (χ4v) is 3.12. The Balaban J connectivity index is 1.93. The van der Waals surface area contributed by atoms with Crippen LogP contribution in [0, 0.1) is 11.3 Å². The summed E-state index contributed by atoms with van der Waals surface area (Å²) in [6.07, 6.45) is 3.02. The molecule has 2 aromatic heterocycles. The van der Waals surface area contributed by atoms with Crippen molar-refractivity contribution in [1.82, 2.24) is 19.9 Å². The van der Waals surface area contributed by atoms with Gasteiger partial charge < -0.3 is 10.1 Å². The molecule has 3 aromatic rings. The van der Waals surface area contributed by atoms with Gasteiger partial charge in [0.05, 0.1) is 17.2 Å². The van der Waals surface area contributed by atoms with Crippen LogP contribution in [0.25, 0.3) is 11.2 Å². The van der Waals surface area contributed by atoms with Crippen LogP contribution in [-0.2, 0) is 11.3 Å². The zero-order valence-electron chi connectivity index (χ0n) is 18.4. The number of hydrogen-bond donors (Lipinski definition) is 2. The topological polar surface area (TPSA) is 122 Å². The number of ether oxygens (including phenoxy) is 1. The van der Waals surface area contributed by atoms with E-state index in [2.05, 4.69) is 20.6 Å². The monoisotopic (exact) mass is 434 g/mol. The molecule has 9 heteroatoms. The number of methoxy groups -OCH3 is 1. The van der Waals surface area contributed by atoms with Gasteiger partial charge in [-0.25, -0.2) is 9.97 Å². The number of amides is 2. The first-order valence-corrected chi connectivity index (χ1v) is 10.4. The Morgan fingerprint density at radius 1 is 1.25 bits per heavy atom. The van der Waals surface area contributed by atoms with Crippen LogP contribution < -0.4 is 10.6 Å². The first-order chi connectivity index (χ1) is 15.5. The minimum atomic E-state index is -0.389. The maximum Gasteiger partial charge on any atom is 0.258 e. The molecule has 1 unspecified atom stereocenters. The van der Waals surface area contributed by atoms with Crippen LogP contribution in [0.3, 0.4) is 0 Å². The Morgan fingerprint density at radius 2 is 2.06 bits per heavy atom. The molecule has 32 heavy (non-hydrogen) atoms. The highest BCUT2D eigenvalue weighted by Gasteiger charge is 2.18. The highest BCUT2D eigenvalue weighted by atomic mass is 16.5. The van der Waals surface area contributed by atoms with E-state index in [1.807, 2.05) is 19.9 Å². The van der Waals surface area contributed by atoms with E-state index in [0.717, 1.165) is 6.42 Å². The Kier molecular flexibility index (Phi) is 7.52. The van der Waals surface area contributed by atoms with Crippen molar-refractivity contribution in [3.63, 3.8) is 0 Å². The molecular formula is C23H26N6O3. The molecule has 1 atom stereocenters. The molecule has 0 aliphatic heterocycles. The minimum Gasteiger partial charge on any atom is -0.385 e. The van der Waals surface area contributed by atoms with Gasteiger partial charge in [-0.3, -0.25) is 19.5 Å². The van der Waals surface area contributed by atoms with E-state index in [1.165, 1.54) is 12.3 Å². The van der Waals surface area contributed by atoms with E-state index >= 15 is 0 Å². The Hall–Kier alpha value is -3.77. The van der Waals surface area contributed by atoms with E-state index in [0.29, 0.717) is 53.4 Å². The van der Waals surface area contributed by atoms with Crippen LogP contribution >= 0.6 is 0 Å². The molecule has 2 heterocycles. The molecular weight excluding hydrogens is 408 g/mol. The number of nitriles is 1. The van der Waals surface area contributed by atoms with Gasteiger partial charge in [-0.2, -0.15) is 5.26 Å². The Morgan fingerprint density at radius 3 is 2.78 bits per heavy atom. The van der Waals surface area contributed by atoms with Gasteiger partial charge in [0.2, 0.25) is 5.95 Å². The molecule has 3 rings (SSSR count). The average Bonchev–Trinajstić information content (AvgIpc) is 3.15. The zero-order chi connectivity index (χ0) is 23.1. The van der Waals surface area contributed by atoms with Gasteiger partial charge in [0.25, 0.3) is 11.8 Å². The summed E-state index contributed by atoms with van der Waals surface area (Å²) < 4.78 is 6.93. The van der Waals surface area contributed by atoms with Crippen molar-refractivity contribution >= 4 is 28.9 Å². The smallest absolute Gasteiger partial charge is 0.258 e. The predicted octanol–water partition coefficient (Wildman–Crippen LogP) is 3.12. The number of hydrogen-bond acceptors (Lipinski definition) is 6. The quantitative estimate of drug-likeness (QED) is 0.499. The maximum atomic E-state index is 12.8. The molecule has 0 aliphatic carbocycles. The zero-order valence-corrected chi connectivity index (χ0v) is 18.4. The van der Waals surface area contributed by atoms with E-state index in [9.17, 15) is 9.59 Å². The first kappa shape index (κ1) is 22.9. The van der Waals surface area contributed by atoms with Crippen molar-refractivity contribution in [2.45, 2.75) is 39.3 Å². The second-order valence-corrected chi connectivity index (χ2v) is 7.43. The largest absolute Gasteiger partial charge is 0.385 e. The number of nitrogens with zero attached hydrogens (tertiary/aromatic N) is 4. The summed E-state index contributed by atoms with van der Waals surface area (Å²) in [5.41, 5.74) is 2.20. The van der Waals surface area contributed by atoms with E-state index in [-0.39, 0.29) is 17.9 Å². The number of benzene rings is 1. The van der Waals surface area contributed by atoms with Crippen molar-refractivity contribution in [1.29, 1.82) is 5.26 Å². The second-order valence-electron chi connectivity index (χ2n) is 7.43. The van der Waals surface area contributed by atoms with Crippen LogP contribution in [0.15, 0.2) is 36.5 Å². The fraction of sp³-hybridized carbons (Fsp3) is 0.348. The number of pyridine rings is 1. The van der Waals surface area contributed by atoms with Gasteiger partial charge in [-0.15, -0.1) is 0 Å². The third kappa shape index (κ3) is 5.28. The van der Waals surface area contributed by atoms with Crippen LogP contribution in [-0.4, -0.2) is 46.1 Å². The molecule has 2 N–H and O–H groups in total. The fourth-order valence-electron chi connectivity index (χ4n) is 3.12. The van der Waals surface area contributed by atoms with Crippen molar-refractivity contribution in [2.75, 3.05) is 19.0 Å². The highest BCUT2D eigenvalue weighted by molar-refractivity contribution is 6.04. The van der Waals surface area contributed by atoms with E-state index in [1.54, 1.807) is 35.9 Å². The molecule has 0 spiro atoms. The number of nitrogens with one attached hydrogen (secondary N) is 2. The number of aryl methyl sites for hydroxylation is 1. The third-order valence-corrected chi connectivity index (χ3v) is 5.05. The first-order valence-electron chi connectivity index (χ1n) is 10.4. The molecule has 9 nitrogen and oxygen atoms in total. The Labute approximate surface area is 186 Å². The average molecular weight is 435 g/mol. The summed E-state index contributed by atoms with van der Waals surface area (Å²) in [5.74, 6) is -0.294. The van der Waals surface area contributed by atoms with Crippen LogP contribution in [0.1, 0.15) is 53.0 Å². The normalized spacial score (nSPS) is 11.7. The van der Waals surface area contributed by atoms with Crippen LogP contribution in [0.5, 0.6) is 0 Å². The van der Waals surface area contributed by atoms with Crippen molar-refractivity contribution in [3.8, 4) is 6.07 Å². The van der Waals surface area contributed by atoms with Crippen molar-refractivity contribution < 1.29 is 14.3 Å². The standard InChI is InChI=1S/C23H26N6O3/c1-4-15(2)26-22(31)18-12-19-20(25-14-18)29(9-6-10-32-3)23(27-19)28-21(30)17-8-5-7-16(11-17)13-24/h5,7-8,11-12,14-15H,4,6,9-10H2,1-3H3,(H,26,31)(H,27,28,30). The maximum absolute atomic E-state index is 12.8. The van der Waals surface area contributed by atoms with Gasteiger partial charge in [0, 0.05) is 38.1 Å². The molecule has 0 saturated carbocycles. The Bertz CT molecular complexity index is 1160. The molecule has 0 radical (unpaired) electrons. The number of carbonyl (C=O) groups is 2. The highest BCUT2D eigenvalue weighted by Crippen LogP contribution is 2.21. The lowest BCUT2D eigenvalue weighted by molar-refractivity contribution is 0.0938. The van der Waals surface area contributed by atoms with Crippen LogP contribution in [0.4, 0.5) is 5.95 Å². The molecule has 166 valence electrons. The summed E-state index contributed by atoms with van der Waals surface area (Å²) >= 11 is 0. The molecule has 2 amide bonds. The van der Waals surface area contributed by atoms with Crippen molar-refractivity contribution in [3.05, 3.63) is 53.2 Å². The van der Waals surface area contributed by atoms with E-state index < -0.39 is 0 Å². The number of anilines is 1. The van der Waals surface area contributed by atoms with Gasteiger partial charge in [0.15, 0.2) is 5.65 Å². The minimum absolute atomic E-state index is 0.0452. The lowest BCUT2D eigenvalue weighted by Crippen LogP contribution is -2.31. The van der Waals surface area contributed by atoms with Gasteiger partial charge in [-0.05, 0) is 44.0 Å². The van der Waals surface area contributed by atoms with Gasteiger partial charge in [0.1, 0.15) is 5.52 Å². The third-order valence-electron chi connectivity index (χ3n) is 5.05. The van der Waals surface area contributed by atoms with Crippen LogP contribution in [0.2, 0.25) is 0 Å². The lowest BCUT2D eigenvalue weighted by Gasteiger charge is -2.11. The summed E-state index contributed by atoms with van der Waals surface area (Å²) in [6.45, 7) is 4.98. The molecule has 1 aromatic carbocycles. The lowest BCUT2D eigenvalue weighted by atomic mass is 10.1. The SMILES string of the molecule is CCC(C)NC(=O)c1cnc2c(c1)nc(NC(=O)c1cccc(C#N)c1)n2CCCOC. The predicted molar refractivity (Wildman–Crippen MR) is 120 cm³/mol. The van der Waals surface area contributed by atoms with Crippen molar-refractivity contribution in [2.24, 2.45) is 0 Å². The van der Waals surface area contributed by atoms with E-state index in [4.69, 9.17) is 10.00 Å². The molecule has 0 saturated heterocycles. The number of fused-ring (bicyclic) bond motifs is 1. The summed E-state index contributed by atoms with van der Waals surface area (Å²) in [6, 6.07) is 10.2. The van der Waals surface area contributed by atoms with Gasteiger partial charge in [-0.1, -0.05) is 13.0 Å². The number of aromatic nitrogens is 3. The molecule has 0 fully saturated rings. The number of rotatable bonds is 9. The summed E-state index contributed by atoms with van der Waals surface area (Å²) in [4.78, 5) is 34.2. The second kappa shape index (κ2) is 10.5. The number of imidazole rings is 1.